The number of nitrogens with two attached hydrogens (primary N) is 1. The first kappa shape index (κ1) is 16.3. The minimum atomic E-state index is 0.371. The van der Waals surface area contributed by atoms with Crippen molar-refractivity contribution >= 4 is 28.9 Å². The predicted octanol–water partition coefficient (Wildman–Crippen LogP) is 5.09. The first-order chi connectivity index (χ1) is 11.6. The normalized spacial score (nSPS) is 10.4. The van der Waals surface area contributed by atoms with E-state index in [1.807, 2.05) is 18.2 Å². The molecule has 3 rings (SSSR count). The number of nitrogens with zero attached hydrogens (tertiary/aromatic N) is 2. The number of halogens is 2. The number of ether oxygens (including phenoxy) is 1. The summed E-state index contributed by atoms with van der Waals surface area (Å²) in [7, 11) is 0. The monoisotopic (exact) mass is 357 g/mol. The second-order valence-corrected chi connectivity index (χ2v) is 5.98. The van der Waals surface area contributed by atoms with Crippen molar-refractivity contribution in [3.05, 3.63) is 75.9 Å². The van der Waals surface area contributed by atoms with Gasteiger partial charge in [0.1, 0.15) is 17.5 Å². The highest BCUT2D eigenvalue weighted by Gasteiger charge is 2.16. The molecule has 1 heterocycles. The summed E-state index contributed by atoms with van der Waals surface area (Å²) in [5.41, 5.74) is 7.66. The second-order valence-electron chi connectivity index (χ2n) is 5.14. The number of hydrogen-bond donors (Lipinski definition) is 1. The van der Waals surface area contributed by atoms with Crippen molar-refractivity contribution in [1.82, 2.24) is 4.57 Å². The summed E-state index contributed by atoms with van der Waals surface area (Å²) in [6, 6.07) is 18.1. The zero-order valence-electron chi connectivity index (χ0n) is 12.5. The van der Waals surface area contributed by atoms with Gasteiger partial charge in [0, 0.05) is 16.1 Å². The van der Waals surface area contributed by atoms with Gasteiger partial charge in [0.05, 0.1) is 12.2 Å². The number of nitriles is 1. The van der Waals surface area contributed by atoms with Crippen LogP contribution in [0.1, 0.15) is 11.3 Å². The molecule has 3 aromatic rings. The molecular weight excluding hydrogens is 345 g/mol. The van der Waals surface area contributed by atoms with Crippen molar-refractivity contribution in [2.24, 2.45) is 0 Å². The first-order valence-electron chi connectivity index (χ1n) is 7.14. The van der Waals surface area contributed by atoms with Gasteiger partial charge in [-0.1, -0.05) is 47.5 Å². The van der Waals surface area contributed by atoms with Crippen LogP contribution in [-0.4, -0.2) is 4.57 Å². The van der Waals surface area contributed by atoms with E-state index in [9.17, 15) is 5.26 Å². The third-order valence-electron chi connectivity index (χ3n) is 3.49. The van der Waals surface area contributed by atoms with E-state index in [1.54, 1.807) is 41.0 Å². The molecule has 0 saturated heterocycles. The van der Waals surface area contributed by atoms with Crippen LogP contribution in [0.2, 0.25) is 10.0 Å². The van der Waals surface area contributed by atoms with Crippen LogP contribution in [0.25, 0.3) is 0 Å². The Labute approximate surface area is 149 Å². The first-order valence-corrected chi connectivity index (χ1v) is 7.90. The molecule has 0 aliphatic carbocycles. The zero-order chi connectivity index (χ0) is 17.1. The van der Waals surface area contributed by atoms with Crippen molar-refractivity contribution in [3.8, 4) is 17.7 Å². The summed E-state index contributed by atoms with van der Waals surface area (Å²) in [5.74, 6) is 0.922. The van der Waals surface area contributed by atoms with E-state index in [-0.39, 0.29) is 0 Å². The molecule has 0 amide bonds. The van der Waals surface area contributed by atoms with Gasteiger partial charge in [-0.3, -0.25) is 4.57 Å². The predicted molar refractivity (Wildman–Crippen MR) is 95.6 cm³/mol. The molecule has 0 atom stereocenters. The summed E-state index contributed by atoms with van der Waals surface area (Å²) in [6.45, 7) is 0.371. The van der Waals surface area contributed by atoms with Gasteiger partial charge in [-0.15, -0.1) is 0 Å². The van der Waals surface area contributed by atoms with E-state index in [0.717, 1.165) is 5.56 Å². The van der Waals surface area contributed by atoms with Crippen LogP contribution < -0.4 is 10.5 Å². The molecule has 0 unspecified atom stereocenters. The van der Waals surface area contributed by atoms with Crippen molar-refractivity contribution < 1.29 is 4.74 Å². The Bertz CT molecular complexity index is 928. The maximum absolute atomic E-state index is 9.38. The lowest BCUT2D eigenvalue weighted by atomic mass is 10.2. The van der Waals surface area contributed by atoms with Gasteiger partial charge < -0.3 is 10.5 Å². The molecule has 6 heteroatoms. The van der Waals surface area contributed by atoms with E-state index in [4.69, 9.17) is 33.7 Å². The number of hydrogen-bond acceptors (Lipinski definition) is 3. The fourth-order valence-corrected chi connectivity index (χ4v) is 2.73. The molecule has 0 bridgehead atoms. The molecule has 120 valence electrons. The van der Waals surface area contributed by atoms with Gasteiger partial charge in [-0.25, -0.2) is 0 Å². The molecule has 0 aliphatic rings. The quantitative estimate of drug-likeness (QED) is 0.707. The van der Waals surface area contributed by atoms with Crippen molar-refractivity contribution in [2.45, 2.75) is 6.54 Å². The SMILES string of the molecule is N#Cc1cc(N)c(Oc2cccc(Cl)c2)n1Cc1ccccc1Cl. The highest BCUT2D eigenvalue weighted by molar-refractivity contribution is 6.31. The lowest BCUT2D eigenvalue weighted by molar-refractivity contribution is 0.437. The third kappa shape index (κ3) is 3.33. The Balaban J connectivity index is 2.02. The van der Waals surface area contributed by atoms with Gasteiger partial charge in [-0.05, 0) is 29.8 Å². The maximum Gasteiger partial charge on any atom is 0.224 e. The fourth-order valence-electron chi connectivity index (χ4n) is 2.35. The van der Waals surface area contributed by atoms with Crippen LogP contribution in [-0.2, 0) is 6.54 Å². The van der Waals surface area contributed by atoms with Crippen LogP contribution in [0.5, 0.6) is 11.6 Å². The number of aromatic nitrogens is 1. The Morgan fingerprint density at radius 1 is 1.08 bits per heavy atom. The Hall–Kier alpha value is -2.61. The summed E-state index contributed by atoms with van der Waals surface area (Å²) >= 11 is 12.2. The highest BCUT2D eigenvalue weighted by atomic mass is 35.5. The van der Waals surface area contributed by atoms with Crippen LogP contribution in [0.4, 0.5) is 5.69 Å². The molecule has 4 nitrogen and oxygen atoms in total. The molecule has 0 spiro atoms. The van der Waals surface area contributed by atoms with Crippen LogP contribution in [0.15, 0.2) is 54.6 Å². The van der Waals surface area contributed by atoms with E-state index < -0.39 is 0 Å². The minimum Gasteiger partial charge on any atom is -0.439 e. The molecule has 2 N–H and O–H groups in total. The molecule has 2 aromatic carbocycles. The Kier molecular flexibility index (Phi) is 4.66. The van der Waals surface area contributed by atoms with Crippen LogP contribution >= 0.6 is 23.2 Å². The fraction of sp³-hybridized carbons (Fsp3) is 0.0556. The van der Waals surface area contributed by atoms with Crippen molar-refractivity contribution in [3.63, 3.8) is 0 Å². The number of anilines is 1. The second kappa shape index (κ2) is 6.88. The summed E-state index contributed by atoms with van der Waals surface area (Å²) in [5, 5.41) is 10.5. The van der Waals surface area contributed by atoms with Gasteiger partial charge in [0.25, 0.3) is 0 Å². The van der Waals surface area contributed by atoms with Crippen LogP contribution in [0, 0.1) is 11.3 Å². The van der Waals surface area contributed by atoms with E-state index in [2.05, 4.69) is 6.07 Å². The molecular formula is C18H13Cl2N3O. The molecule has 0 fully saturated rings. The smallest absolute Gasteiger partial charge is 0.224 e. The molecule has 0 radical (unpaired) electrons. The van der Waals surface area contributed by atoms with Gasteiger partial charge in [0.15, 0.2) is 0 Å². The van der Waals surface area contributed by atoms with Crippen molar-refractivity contribution in [2.75, 3.05) is 5.73 Å². The van der Waals surface area contributed by atoms with Gasteiger partial charge in [0.2, 0.25) is 5.88 Å². The zero-order valence-corrected chi connectivity index (χ0v) is 14.1. The summed E-state index contributed by atoms with van der Waals surface area (Å²) < 4.78 is 7.57. The number of nitrogen functional groups attached to an aromatic ring is 1. The highest BCUT2D eigenvalue weighted by Crippen LogP contribution is 2.33. The van der Waals surface area contributed by atoms with Gasteiger partial charge in [-0.2, -0.15) is 5.26 Å². The number of benzene rings is 2. The third-order valence-corrected chi connectivity index (χ3v) is 4.09. The number of rotatable bonds is 4. The average molecular weight is 358 g/mol. The minimum absolute atomic E-state index is 0.371. The van der Waals surface area contributed by atoms with Crippen LogP contribution in [0.3, 0.4) is 0 Å². The standard InChI is InChI=1S/C18H13Cl2N3O/c19-13-5-3-6-15(8-13)24-18-17(22)9-14(10-21)23(18)11-12-4-1-2-7-16(12)20/h1-9H,11,22H2. The summed E-state index contributed by atoms with van der Waals surface area (Å²) in [6.07, 6.45) is 0. The van der Waals surface area contributed by atoms with Crippen molar-refractivity contribution in [1.29, 1.82) is 5.26 Å². The van der Waals surface area contributed by atoms with E-state index >= 15 is 0 Å². The lowest BCUT2D eigenvalue weighted by Crippen LogP contribution is -2.05. The Morgan fingerprint density at radius 2 is 1.88 bits per heavy atom. The largest absolute Gasteiger partial charge is 0.439 e. The maximum atomic E-state index is 9.38. The van der Waals surface area contributed by atoms with Gasteiger partial charge >= 0.3 is 0 Å². The van der Waals surface area contributed by atoms with E-state index in [1.165, 1.54) is 0 Å². The molecule has 0 aliphatic heterocycles. The van der Waals surface area contributed by atoms with E-state index in [0.29, 0.717) is 39.6 Å². The molecule has 1 aromatic heterocycles. The topological polar surface area (TPSA) is 64.0 Å². The Morgan fingerprint density at radius 3 is 2.58 bits per heavy atom. The summed E-state index contributed by atoms with van der Waals surface area (Å²) in [4.78, 5) is 0. The average Bonchev–Trinajstić information content (AvgIpc) is 2.85. The molecule has 24 heavy (non-hydrogen) atoms. The lowest BCUT2D eigenvalue weighted by Gasteiger charge is -2.13. The molecule has 0 saturated carbocycles.